The second kappa shape index (κ2) is 6.17. The lowest BCUT2D eigenvalue weighted by Crippen LogP contribution is -2.49. The second-order valence-electron chi connectivity index (χ2n) is 7.13. The highest BCUT2D eigenvalue weighted by atomic mass is 16.5. The third-order valence-electron chi connectivity index (χ3n) is 5.21. The lowest BCUT2D eigenvalue weighted by molar-refractivity contribution is 0.0206. The van der Waals surface area contributed by atoms with Crippen LogP contribution >= 0.6 is 0 Å². The van der Waals surface area contributed by atoms with Crippen LogP contribution in [0.3, 0.4) is 0 Å². The molecule has 2 saturated carbocycles. The number of hydrogen-bond donors (Lipinski definition) is 0. The van der Waals surface area contributed by atoms with Crippen molar-refractivity contribution < 1.29 is 9.47 Å². The molecule has 1 saturated heterocycles. The molecule has 1 aromatic rings. The average Bonchev–Trinajstić information content (AvgIpc) is 3.24. The van der Waals surface area contributed by atoms with Gasteiger partial charge in [0.05, 0.1) is 18.8 Å². The van der Waals surface area contributed by atoms with Gasteiger partial charge in [-0.2, -0.15) is 0 Å². The third kappa shape index (κ3) is 3.13. The van der Waals surface area contributed by atoms with E-state index >= 15 is 0 Å². The number of aromatic nitrogens is 1. The zero-order chi connectivity index (χ0) is 14.9. The van der Waals surface area contributed by atoms with E-state index in [1.165, 1.54) is 19.3 Å². The van der Waals surface area contributed by atoms with Crippen molar-refractivity contribution in [2.75, 3.05) is 31.3 Å². The molecule has 2 aliphatic carbocycles. The first-order valence-corrected chi connectivity index (χ1v) is 8.69. The Morgan fingerprint density at radius 2 is 2.09 bits per heavy atom. The zero-order valence-corrected chi connectivity index (χ0v) is 13.4. The molecule has 0 spiro atoms. The van der Waals surface area contributed by atoms with Crippen molar-refractivity contribution in [3.8, 4) is 0 Å². The minimum absolute atomic E-state index is 0.352. The van der Waals surface area contributed by atoms with Crippen LogP contribution in [0.2, 0.25) is 0 Å². The maximum absolute atomic E-state index is 6.03. The molecule has 0 N–H and O–H groups in total. The predicted octanol–water partition coefficient (Wildman–Crippen LogP) is 2.80. The van der Waals surface area contributed by atoms with Gasteiger partial charge in [-0.3, -0.25) is 0 Å². The number of fused-ring (bicyclic) bond motifs is 1. The van der Waals surface area contributed by atoms with E-state index in [4.69, 9.17) is 14.5 Å². The van der Waals surface area contributed by atoms with Gasteiger partial charge in [0.25, 0.3) is 0 Å². The topological polar surface area (TPSA) is 34.6 Å². The first-order valence-electron chi connectivity index (χ1n) is 8.69. The van der Waals surface area contributed by atoms with Crippen molar-refractivity contribution in [3.63, 3.8) is 0 Å². The Morgan fingerprint density at radius 3 is 2.91 bits per heavy atom. The first kappa shape index (κ1) is 14.5. The standard InChI is InChI=1S/C18H26N2O2/c1-13-3-2-4-18(19-13)20-7-8-22-17-10-15(9-16(17)20)12-21-11-14-5-6-14/h2-4,14-17H,5-12H2,1H3. The molecule has 0 amide bonds. The van der Waals surface area contributed by atoms with Gasteiger partial charge in [0, 0.05) is 25.5 Å². The number of rotatable bonds is 5. The molecule has 3 aliphatic rings. The van der Waals surface area contributed by atoms with Crippen LogP contribution in [0.5, 0.6) is 0 Å². The van der Waals surface area contributed by atoms with E-state index in [0.717, 1.165) is 50.2 Å². The van der Waals surface area contributed by atoms with Gasteiger partial charge < -0.3 is 14.4 Å². The molecule has 120 valence electrons. The summed E-state index contributed by atoms with van der Waals surface area (Å²) in [4.78, 5) is 7.18. The highest BCUT2D eigenvalue weighted by molar-refractivity contribution is 5.42. The molecular weight excluding hydrogens is 276 g/mol. The van der Waals surface area contributed by atoms with Gasteiger partial charge in [0.1, 0.15) is 5.82 Å². The van der Waals surface area contributed by atoms with Crippen LogP contribution in [0, 0.1) is 18.8 Å². The number of nitrogens with zero attached hydrogens (tertiary/aromatic N) is 2. The maximum atomic E-state index is 6.03. The summed E-state index contributed by atoms with van der Waals surface area (Å²) in [6.45, 7) is 5.70. The van der Waals surface area contributed by atoms with E-state index in [1.807, 2.05) is 0 Å². The summed E-state index contributed by atoms with van der Waals surface area (Å²) in [5.74, 6) is 2.60. The minimum Gasteiger partial charge on any atom is -0.381 e. The van der Waals surface area contributed by atoms with E-state index in [0.29, 0.717) is 18.1 Å². The monoisotopic (exact) mass is 302 g/mol. The number of morpholine rings is 1. The largest absolute Gasteiger partial charge is 0.381 e. The van der Waals surface area contributed by atoms with Crippen LogP contribution in [0.25, 0.3) is 0 Å². The molecule has 4 heteroatoms. The van der Waals surface area contributed by atoms with E-state index in [2.05, 4.69) is 30.0 Å². The van der Waals surface area contributed by atoms with Gasteiger partial charge >= 0.3 is 0 Å². The second-order valence-corrected chi connectivity index (χ2v) is 7.13. The van der Waals surface area contributed by atoms with Crippen LogP contribution in [0.15, 0.2) is 18.2 Å². The van der Waals surface area contributed by atoms with Crippen molar-refractivity contribution >= 4 is 5.82 Å². The van der Waals surface area contributed by atoms with Crippen molar-refractivity contribution in [2.24, 2.45) is 11.8 Å². The highest BCUT2D eigenvalue weighted by Crippen LogP contribution is 2.37. The fourth-order valence-corrected chi connectivity index (χ4v) is 3.85. The molecule has 0 radical (unpaired) electrons. The molecule has 0 bridgehead atoms. The third-order valence-corrected chi connectivity index (χ3v) is 5.21. The summed E-state index contributed by atoms with van der Waals surface area (Å²) in [5, 5.41) is 0. The molecule has 1 aromatic heterocycles. The SMILES string of the molecule is Cc1cccc(N2CCOC3CC(COCC4CC4)CC32)n1. The smallest absolute Gasteiger partial charge is 0.129 e. The Kier molecular flexibility index (Phi) is 4.05. The van der Waals surface area contributed by atoms with E-state index in [9.17, 15) is 0 Å². The molecule has 3 unspecified atom stereocenters. The fraction of sp³-hybridized carbons (Fsp3) is 0.722. The average molecular weight is 302 g/mol. The summed E-state index contributed by atoms with van der Waals surface area (Å²) in [5.41, 5.74) is 1.09. The molecule has 4 nitrogen and oxygen atoms in total. The number of hydrogen-bond acceptors (Lipinski definition) is 4. The quantitative estimate of drug-likeness (QED) is 0.838. The lowest BCUT2D eigenvalue weighted by Gasteiger charge is -2.38. The molecule has 22 heavy (non-hydrogen) atoms. The normalized spacial score (nSPS) is 31.3. The Balaban J connectivity index is 1.39. The molecule has 4 rings (SSSR count). The summed E-state index contributed by atoms with van der Waals surface area (Å²) >= 11 is 0. The van der Waals surface area contributed by atoms with Crippen molar-refractivity contribution in [2.45, 2.75) is 44.8 Å². The molecule has 1 aliphatic heterocycles. The molecule has 3 fully saturated rings. The molecule has 2 heterocycles. The van der Waals surface area contributed by atoms with Gasteiger partial charge in [-0.25, -0.2) is 4.98 Å². The van der Waals surface area contributed by atoms with Crippen LogP contribution in [0.1, 0.15) is 31.4 Å². The van der Waals surface area contributed by atoms with Gasteiger partial charge in [0.15, 0.2) is 0 Å². The summed E-state index contributed by atoms with van der Waals surface area (Å²) < 4.78 is 11.9. The van der Waals surface area contributed by atoms with E-state index in [-0.39, 0.29) is 0 Å². The Labute approximate surface area is 132 Å². The maximum Gasteiger partial charge on any atom is 0.129 e. The predicted molar refractivity (Wildman–Crippen MR) is 86.1 cm³/mol. The highest BCUT2D eigenvalue weighted by Gasteiger charge is 2.41. The van der Waals surface area contributed by atoms with Crippen LogP contribution in [0.4, 0.5) is 5.82 Å². The van der Waals surface area contributed by atoms with Crippen molar-refractivity contribution in [1.82, 2.24) is 4.98 Å². The summed E-state index contributed by atoms with van der Waals surface area (Å²) in [6.07, 6.45) is 5.39. The van der Waals surface area contributed by atoms with Gasteiger partial charge in [-0.1, -0.05) is 6.07 Å². The Hall–Kier alpha value is -1.13. The van der Waals surface area contributed by atoms with Crippen molar-refractivity contribution in [3.05, 3.63) is 23.9 Å². The summed E-state index contributed by atoms with van der Waals surface area (Å²) in [6, 6.07) is 6.77. The van der Waals surface area contributed by atoms with Gasteiger partial charge in [-0.15, -0.1) is 0 Å². The van der Waals surface area contributed by atoms with Crippen LogP contribution in [-0.2, 0) is 9.47 Å². The number of pyridine rings is 1. The van der Waals surface area contributed by atoms with E-state index in [1.54, 1.807) is 0 Å². The zero-order valence-electron chi connectivity index (χ0n) is 13.4. The molecule has 3 atom stereocenters. The van der Waals surface area contributed by atoms with Crippen molar-refractivity contribution in [1.29, 1.82) is 0 Å². The van der Waals surface area contributed by atoms with E-state index < -0.39 is 0 Å². The molecule has 0 aromatic carbocycles. The first-order chi connectivity index (χ1) is 10.8. The number of anilines is 1. The van der Waals surface area contributed by atoms with Gasteiger partial charge in [-0.05, 0) is 56.6 Å². The molecular formula is C18H26N2O2. The Bertz CT molecular complexity index is 518. The minimum atomic E-state index is 0.352. The summed E-state index contributed by atoms with van der Waals surface area (Å²) in [7, 11) is 0. The number of aryl methyl sites for hydroxylation is 1. The van der Waals surface area contributed by atoms with Crippen LogP contribution in [-0.4, -0.2) is 43.5 Å². The van der Waals surface area contributed by atoms with Gasteiger partial charge in [0.2, 0.25) is 0 Å². The van der Waals surface area contributed by atoms with Crippen LogP contribution < -0.4 is 4.90 Å². The lowest BCUT2D eigenvalue weighted by atomic mass is 10.1. The number of ether oxygens (including phenoxy) is 2. The Morgan fingerprint density at radius 1 is 1.23 bits per heavy atom. The fourth-order valence-electron chi connectivity index (χ4n) is 3.85.